The molecule has 0 saturated heterocycles. The molecular formula is C78H78. The summed E-state index contributed by atoms with van der Waals surface area (Å²) in [7, 11) is 0. The van der Waals surface area contributed by atoms with Crippen molar-refractivity contribution in [2.24, 2.45) is 0 Å². The highest BCUT2D eigenvalue weighted by atomic mass is 14.3. The van der Waals surface area contributed by atoms with Crippen LogP contribution in [0.5, 0.6) is 0 Å². The average molecular weight is 1020 g/mol. The second-order valence-electron chi connectivity index (χ2n) is 29.9. The first-order valence-electron chi connectivity index (χ1n) is 28.9. The fraction of sp³-hybridized carbons (Fsp3) is 0.308. The molecule has 0 saturated carbocycles. The second kappa shape index (κ2) is 16.3. The van der Waals surface area contributed by atoms with E-state index in [0.717, 1.165) is 0 Å². The highest BCUT2D eigenvalue weighted by molar-refractivity contribution is 6.38. The van der Waals surface area contributed by atoms with E-state index >= 15 is 0 Å². The van der Waals surface area contributed by atoms with Gasteiger partial charge in [-0.3, -0.25) is 0 Å². The Kier molecular flexibility index (Phi) is 10.5. The van der Waals surface area contributed by atoms with E-state index < -0.39 is 0 Å². The first-order chi connectivity index (χ1) is 36.4. The predicted octanol–water partition coefficient (Wildman–Crippen LogP) is 23.3. The summed E-state index contributed by atoms with van der Waals surface area (Å²) in [5.74, 6) is 0. The molecule has 0 aliphatic rings. The van der Waals surface area contributed by atoms with Crippen molar-refractivity contribution in [1.82, 2.24) is 0 Å². The van der Waals surface area contributed by atoms with E-state index in [9.17, 15) is 0 Å². The highest BCUT2D eigenvalue weighted by Crippen LogP contribution is 2.50. The summed E-state index contributed by atoms with van der Waals surface area (Å²) in [5, 5.41) is 31.6. The van der Waals surface area contributed by atoms with Gasteiger partial charge in [-0.25, -0.2) is 0 Å². The first kappa shape index (κ1) is 50.5. The molecule has 390 valence electrons. The molecule has 0 aromatic heterocycles. The van der Waals surface area contributed by atoms with Gasteiger partial charge in [0.25, 0.3) is 0 Å². The van der Waals surface area contributed by atoms with Gasteiger partial charge in [-0.2, -0.15) is 0 Å². The zero-order valence-electron chi connectivity index (χ0n) is 49.9. The first-order valence-corrected chi connectivity index (χ1v) is 28.9. The van der Waals surface area contributed by atoms with Gasteiger partial charge in [-0.1, -0.05) is 197 Å². The van der Waals surface area contributed by atoms with Crippen molar-refractivity contribution >= 4 is 129 Å². The lowest BCUT2D eigenvalue weighted by Gasteiger charge is -2.24. The second-order valence-corrected chi connectivity index (χ2v) is 29.9. The molecule has 13 rings (SSSR count). The van der Waals surface area contributed by atoms with Crippen LogP contribution in [-0.4, -0.2) is 0 Å². The maximum atomic E-state index is 2.62. The Bertz CT molecular complexity index is 3970. The molecule has 0 radical (unpaired) electrons. The zero-order chi connectivity index (χ0) is 55.3. The lowest BCUT2D eigenvalue weighted by Crippen LogP contribution is -2.11. The lowest BCUT2D eigenvalue weighted by atomic mass is 9.80. The molecule has 0 amide bonds. The van der Waals surface area contributed by atoms with Crippen LogP contribution in [0.3, 0.4) is 0 Å². The fourth-order valence-corrected chi connectivity index (χ4v) is 13.3. The van der Waals surface area contributed by atoms with Crippen LogP contribution < -0.4 is 0 Å². The third kappa shape index (κ3) is 7.74. The topological polar surface area (TPSA) is 0 Å². The summed E-state index contributed by atoms with van der Waals surface area (Å²) >= 11 is 0. The molecule has 0 spiro atoms. The predicted molar refractivity (Wildman–Crippen MR) is 349 cm³/mol. The third-order valence-electron chi connectivity index (χ3n) is 18.3. The van der Waals surface area contributed by atoms with Crippen molar-refractivity contribution in [2.45, 2.75) is 157 Å². The van der Waals surface area contributed by atoms with Crippen molar-refractivity contribution in [2.75, 3.05) is 0 Å². The molecule has 13 aromatic rings. The number of fused-ring (bicyclic) bond motifs is 24. The van der Waals surface area contributed by atoms with Gasteiger partial charge >= 0.3 is 0 Å². The lowest BCUT2D eigenvalue weighted by molar-refractivity contribution is 0.591. The zero-order valence-corrected chi connectivity index (χ0v) is 49.9. The summed E-state index contributed by atoms with van der Waals surface area (Å²) in [6, 6.07) is 59.6. The molecule has 0 heterocycles. The molecule has 0 heteroatoms. The molecule has 0 atom stereocenters. The Morgan fingerprint density at radius 3 is 0.333 bits per heavy atom. The summed E-state index contributed by atoms with van der Waals surface area (Å²) in [4.78, 5) is 0. The van der Waals surface area contributed by atoms with Gasteiger partial charge < -0.3 is 0 Å². The van der Waals surface area contributed by atoms with Gasteiger partial charge in [-0.05, 0) is 268 Å². The monoisotopic (exact) mass is 1010 g/mol. The van der Waals surface area contributed by atoms with Crippen molar-refractivity contribution in [3.63, 3.8) is 0 Å². The van der Waals surface area contributed by atoms with Crippen LogP contribution >= 0.6 is 0 Å². The van der Waals surface area contributed by atoms with E-state index in [-0.39, 0.29) is 32.5 Å². The van der Waals surface area contributed by atoms with Crippen molar-refractivity contribution < 1.29 is 0 Å². The van der Waals surface area contributed by atoms with Gasteiger partial charge in [0.05, 0.1) is 0 Å². The van der Waals surface area contributed by atoms with E-state index in [1.165, 1.54) is 163 Å². The average Bonchev–Trinajstić information content (AvgIpc) is 3.55. The summed E-state index contributed by atoms with van der Waals surface area (Å²) in [6.07, 6.45) is 0. The largest absolute Gasteiger partial charge is 0.0578 e. The maximum Gasteiger partial charge on any atom is -0.00921 e. The van der Waals surface area contributed by atoms with Gasteiger partial charge in [-0.15, -0.1) is 0 Å². The molecule has 0 aliphatic heterocycles. The van der Waals surface area contributed by atoms with Crippen molar-refractivity contribution in [3.8, 4) is 0 Å². The van der Waals surface area contributed by atoms with Crippen molar-refractivity contribution in [1.29, 1.82) is 0 Å². The summed E-state index contributed by atoms with van der Waals surface area (Å²) in [6.45, 7) is 42.3. The molecular weight excluding hydrogens is 937 g/mol. The Hall–Kier alpha value is -7.02. The minimum Gasteiger partial charge on any atom is -0.0578 e. The SMILES string of the molecule is CC(C)(C)c1ccc2c3ccc(C(C)(C)C)cc3c3cc4c(cc3c2c1)c1cc2c3cc(C(C)(C)C)ccc3c3ccc(C(C)(C)C)cc3c2cc1c1cc2c3cc(C(C)(C)C)ccc3c3ccc(C(C)(C)C)cc3c2cc41. The molecule has 0 N–H and O–H groups in total. The quantitative estimate of drug-likeness (QED) is 0.105. The molecule has 0 unspecified atom stereocenters. The number of rotatable bonds is 0. The van der Waals surface area contributed by atoms with Crippen LogP contribution in [0.25, 0.3) is 129 Å². The Morgan fingerprint density at radius 2 is 0.231 bits per heavy atom. The maximum absolute atomic E-state index is 2.62. The van der Waals surface area contributed by atoms with Crippen LogP contribution in [-0.2, 0) is 32.5 Å². The van der Waals surface area contributed by atoms with Gasteiger partial charge in [0, 0.05) is 0 Å². The molecule has 78 heavy (non-hydrogen) atoms. The van der Waals surface area contributed by atoms with Crippen LogP contribution in [0.2, 0.25) is 0 Å². The molecule has 13 aromatic carbocycles. The molecule has 0 aliphatic carbocycles. The normalized spacial score (nSPS) is 13.8. The van der Waals surface area contributed by atoms with E-state index in [1.54, 1.807) is 0 Å². The molecule has 0 nitrogen and oxygen atoms in total. The van der Waals surface area contributed by atoms with E-state index in [0.29, 0.717) is 0 Å². The summed E-state index contributed by atoms with van der Waals surface area (Å²) in [5.41, 5.74) is 8.06. The minimum atomic E-state index is -0.0126. The number of hydrogen-bond donors (Lipinski definition) is 0. The molecule has 0 fully saturated rings. The molecule has 0 bridgehead atoms. The van der Waals surface area contributed by atoms with E-state index in [1.807, 2.05) is 0 Å². The third-order valence-corrected chi connectivity index (χ3v) is 18.3. The standard InChI is InChI=1S/C78H78/c1-73(2,3)43-19-25-49-50-26-20-44(74(4,5)6)32-56(50)62-38-68-67(37-61(62)55(49)31-43)69-39-63-57-33-45(75(7,8)9)21-27-51(57)52-28-22-47(77(13,14)15)35-59(52)65(63)41-71(69)72-42-66-60-36-48(78(16,17)18)24-30-54(60)53-29-23-46(76(10,11)12)34-58(53)64(66)40-70(68)72/h19-42H,1-18H3. The smallest absolute Gasteiger partial charge is 0.00921 e. The van der Waals surface area contributed by atoms with E-state index in [2.05, 4.69) is 270 Å². The van der Waals surface area contributed by atoms with Gasteiger partial charge in [0.15, 0.2) is 0 Å². The summed E-state index contributed by atoms with van der Waals surface area (Å²) < 4.78 is 0. The van der Waals surface area contributed by atoms with Crippen LogP contribution in [0, 0.1) is 0 Å². The minimum absolute atomic E-state index is 0.0126. The fourth-order valence-electron chi connectivity index (χ4n) is 13.3. The van der Waals surface area contributed by atoms with Crippen LogP contribution in [0.1, 0.15) is 158 Å². The Balaban J connectivity index is 1.33. The van der Waals surface area contributed by atoms with Crippen LogP contribution in [0.15, 0.2) is 146 Å². The van der Waals surface area contributed by atoms with E-state index in [4.69, 9.17) is 0 Å². The van der Waals surface area contributed by atoms with Gasteiger partial charge in [0.2, 0.25) is 0 Å². The number of hydrogen-bond acceptors (Lipinski definition) is 0. The Labute approximate surface area is 462 Å². The van der Waals surface area contributed by atoms with Crippen molar-refractivity contribution in [3.05, 3.63) is 179 Å². The highest BCUT2D eigenvalue weighted by Gasteiger charge is 2.26. The van der Waals surface area contributed by atoms with Gasteiger partial charge in [0.1, 0.15) is 0 Å². The van der Waals surface area contributed by atoms with Crippen LogP contribution in [0.4, 0.5) is 0 Å². The Morgan fingerprint density at radius 1 is 0.128 bits per heavy atom. The number of benzene rings is 13.